The van der Waals surface area contributed by atoms with Crippen molar-refractivity contribution in [1.29, 1.82) is 0 Å². The van der Waals surface area contributed by atoms with E-state index in [1.165, 1.54) is 12.2 Å². The Morgan fingerprint density at radius 3 is 2.26 bits per heavy atom. The Kier molecular flexibility index (Phi) is 9.12. The van der Waals surface area contributed by atoms with Crippen molar-refractivity contribution in [2.75, 3.05) is 26.3 Å². The van der Waals surface area contributed by atoms with Crippen LogP contribution in [0.3, 0.4) is 0 Å². The van der Waals surface area contributed by atoms with Crippen molar-refractivity contribution in [3.05, 3.63) is 12.2 Å². The molecule has 0 fully saturated rings. The average molecular weight is 383 g/mol. The normalized spacial score (nSPS) is 16.7. The van der Waals surface area contributed by atoms with Gasteiger partial charge >= 0.3 is 0 Å². The van der Waals surface area contributed by atoms with Gasteiger partial charge in [0.1, 0.15) is 0 Å². The number of imide groups is 1. The van der Waals surface area contributed by atoms with Crippen molar-refractivity contribution >= 4 is 17.7 Å². The largest absolute Gasteiger partial charge is 0.376 e. The fraction of sp³-hybridized carbons (Fsp3) is 0.750. The summed E-state index contributed by atoms with van der Waals surface area (Å²) < 4.78 is 11.8. The number of ether oxygens (including phenoxy) is 2. The Labute approximate surface area is 162 Å². The summed E-state index contributed by atoms with van der Waals surface area (Å²) >= 11 is 0. The predicted octanol–water partition coefficient (Wildman–Crippen LogP) is 2.20. The standard InChI is InChI=1S/C20H34N2O5/c1-6-20(5,27-15-12-19(3,4)26-7-2)11-13-21-16(23)10-14-22-17(24)8-9-18(22)25/h8-9H,6-7,10-15H2,1-5H3,(H,21,23). The van der Waals surface area contributed by atoms with Crippen molar-refractivity contribution in [3.63, 3.8) is 0 Å². The molecule has 1 atom stereocenters. The lowest BCUT2D eigenvalue weighted by Crippen LogP contribution is -2.38. The first-order valence-electron chi connectivity index (χ1n) is 9.70. The van der Waals surface area contributed by atoms with Gasteiger partial charge in [-0.15, -0.1) is 0 Å². The molecule has 0 aromatic carbocycles. The SMILES string of the molecule is CCOC(C)(C)CCOC(C)(CC)CCNC(=O)CCN1C(=O)C=CC1=O. The zero-order valence-corrected chi connectivity index (χ0v) is 17.3. The zero-order chi connectivity index (χ0) is 20.5. The molecule has 1 heterocycles. The van der Waals surface area contributed by atoms with E-state index in [1.807, 2.05) is 13.8 Å². The molecule has 1 unspecified atom stereocenters. The molecule has 3 amide bonds. The van der Waals surface area contributed by atoms with Crippen LogP contribution in [0.4, 0.5) is 0 Å². The summed E-state index contributed by atoms with van der Waals surface area (Å²) in [7, 11) is 0. The van der Waals surface area contributed by atoms with Gasteiger partial charge in [-0.2, -0.15) is 0 Å². The van der Waals surface area contributed by atoms with Crippen LogP contribution in [0, 0.1) is 0 Å². The molecule has 27 heavy (non-hydrogen) atoms. The van der Waals surface area contributed by atoms with E-state index in [-0.39, 0.29) is 41.9 Å². The second-order valence-corrected chi connectivity index (χ2v) is 7.61. The molecule has 0 aromatic rings. The molecular formula is C20H34N2O5. The molecule has 0 aromatic heterocycles. The highest BCUT2D eigenvalue weighted by atomic mass is 16.5. The number of hydrogen-bond acceptors (Lipinski definition) is 5. The number of amides is 3. The van der Waals surface area contributed by atoms with E-state index < -0.39 is 0 Å². The number of rotatable bonds is 13. The van der Waals surface area contributed by atoms with E-state index >= 15 is 0 Å². The number of carbonyl (C=O) groups excluding carboxylic acids is 3. The Morgan fingerprint density at radius 2 is 1.70 bits per heavy atom. The van der Waals surface area contributed by atoms with E-state index in [0.717, 1.165) is 17.7 Å². The molecule has 0 saturated heterocycles. The third kappa shape index (κ3) is 8.22. The summed E-state index contributed by atoms with van der Waals surface area (Å²) in [6.45, 7) is 12.0. The van der Waals surface area contributed by atoms with Crippen molar-refractivity contribution in [3.8, 4) is 0 Å². The summed E-state index contributed by atoms with van der Waals surface area (Å²) in [6, 6.07) is 0. The van der Waals surface area contributed by atoms with Crippen LogP contribution in [0.1, 0.15) is 60.3 Å². The highest BCUT2D eigenvalue weighted by Crippen LogP contribution is 2.22. The number of nitrogens with zero attached hydrogens (tertiary/aromatic N) is 1. The van der Waals surface area contributed by atoms with Crippen LogP contribution in [0.5, 0.6) is 0 Å². The third-order valence-electron chi connectivity index (χ3n) is 4.88. The Balaban J connectivity index is 2.29. The van der Waals surface area contributed by atoms with Crippen LogP contribution in [-0.4, -0.2) is 60.1 Å². The topological polar surface area (TPSA) is 84.9 Å². The molecule has 154 valence electrons. The highest BCUT2D eigenvalue weighted by Gasteiger charge is 2.26. The molecule has 1 N–H and O–H groups in total. The van der Waals surface area contributed by atoms with Crippen molar-refractivity contribution in [2.45, 2.75) is 71.5 Å². The first-order valence-corrected chi connectivity index (χ1v) is 9.70. The van der Waals surface area contributed by atoms with Gasteiger partial charge in [-0.1, -0.05) is 6.92 Å². The molecule has 7 nitrogen and oxygen atoms in total. The Hall–Kier alpha value is -1.73. The summed E-state index contributed by atoms with van der Waals surface area (Å²) in [6.07, 6.45) is 4.86. The smallest absolute Gasteiger partial charge is 0.253 e. The van der Waals surface area contributed by atoms with E-state index in [4.69, 9.17) is 9.47 Å². The van der Waals surface area contributed by atoms with Crippen LogP contribution in [-0.2, 0) is 23.9 Å². The fourth-order valence-electron chi connectivity index (χ4n) is 2.78. The maximum Gasteiger partial charge on any atom is 0.253 e. The van der Waals surface area contributed by atoms with Gasteiger partial charge in [0.25, 0.3) is 11.8 Å². The lowest BCUT2D eigenvalue weighted by Gasteiger charge is -2.31. The minimum absolute atomic E-state index is 0.102. The van der Waals surface area contributed by atoms with Crippen LogP contribution >= 0.6 is 0 Å². The average Bonchev–Trinajstić information content (AvgIpc) is 2.91. The molecule has 0 spiro atoms. The van der Waals surface area contributed by atoms with Crippen molar-refractivity contribution < 1.29 is 23.9 Å². The van der Waals surface area contributed by atoms with Gasteiger partial charge in [0.05, 0.1) is 17.8 Å². The lowest BCUT2D eigenvalue weighted by molar-refractivity contribution is -0.137. The van der Waals surface area contributed by atoms with E-state index in [1.54, 1.807) is 0 Å². The third-order valence-corrected chi connectivity index (χ3v) is 4.88. The minimum atomic E-state index is -0.366. The summed E-state index contributed by atoms with van der Waals surface area (Å²) in [5.74, 6) is -0.914. The molecule has 0 radical (unpaired) electrons. The van der Waals surface area contributed by atoms with Gasteiger partial charge in [0.15, 0.2) is 0 Å². The van der Waals surface area contributed by atoms with Crippen molar-refractivity contribution in [1.82, 2.24) is 10.2 Å². The van der Waals surface area contributed by atoms with Crippen LogP contribution in [0.15, 0.2) is 12.2 Å². The zero-order valence-electron chi connectivity index (χ0n) is 17.3. The summed E-state index contributed by atoms with van der Waals surface area (Å²) in [4.78, 5) is 35.9. The maximum absolute atomic E-state index is 12.0. The Bertz CT molecular complexity index is 541. The molecule has 1 rings (SSSR count). The Morgan fingerprint density at radius 1 is 1.07 bits per heavy atom. The van der Waals surface area contributed by atoms with Crippen LogP contribution in [0.25, 0.3) is 0 Å². The van der Waals surface area contributed by atoms with Crippen LogP contribution in [0.2, 0.25) is 0 Å². The van der Waals surface area contributed by atoms with Crippen LogP contribution < -0.4 is 5.32 Å². The minimum Gasteiger partial charge on any atom is -0.376 e. The number of nitrogens with one attached hydrogen (secondary N) is 1. The van der Waals surface area contributed by atoms with E-state index in [9.17, 15) is 14.4 Å². The molecule has 0 saturated carbocycles. The first kappa shape index (κ1) is 23.3. The molecular weight excluding hydrogens is 348 g/mol. The molecule has 7 heteroatoms. The maximum atomic E-state index is 12.0. The van der Waals surface area contributed by atoms with Gasteiger partial charge in [-0.3, -0.25) is 19.3 Å². The number of hydrogen-bond donors (Lipinski definition) is 1. The molecule has 1 aliphatic heterocycles. The first-order chi connectivity index (χ1) is 12.6. The molecule has 0 aliphatic carbocycles. The lowest BCUT2D eigenvalue weighted by atomic mass is 9.98. The quantitative estimate of drug-likeness (QED) is 0.494. The van der Waals surface area contributed by atoms with Gasteiger partial charge in [0, 0.05) is 38.3 Å². The summed E-state index contributed by atoms with van der Waals surface area (Å²) in [5.41, 5.74) is -0.530. The monoisotopic (exact) mass is 382 g/mol. The van der Waals surface area contributed by atoms with Gasteiger partial charge in [-0.05, 0) is 47.0 Å². The van der Waals surface area contributed by atoms with Gasteiger partial charge in [0.2, 0.25) is 5.91 Å². The predicted molar refractivity (Wildman–Crippen MR) is 103 cm³/mol. The van der Waals surface area contributed by atoms with Crippen molar-refractivity contribution in [2.24, 2.45) is 0 Å². The molecule has 0 bridgehead atoms. The highest BCUT2D eigenvalue weighted by molar-refractivity contribution is 6.13. The number of carbonyl (C=O) groups is 3. The van der Waals surface area contributed by atoms with Gasteiger partial charge < -0.3 is 14.8 Å². The molecule has 1 aliphatic rings. The van der Waals surface area contributed by atoms with E-state index in [2.05, 4.69) is 26.1 Å². The summed E-state index contributed by atoms with van der Waals surface area (Å²) in [5, 5.41) is 2.84. The van der Waals surface area contributed by atoms with E-state index in [0.29, 0.717) is 26.2 Å². The second kappa shape index (κ2) is 10.6. The second-order valence-electron chi connectivity index (χ2n) is 7.61. The fourth-order valence-corrected chi connectivity index (χ4v) is 2.78. The van der Waals surface area contributed by atoms with Gasteiger partial charge in [-0.25, -0.2) is 0 Å².